The second kappa shape index (κ2) is 6.63. The van der Waals surface area contributed by atoms with E-state index in [1.54, 1.807) is 0 Å². The van der Waals surface area contributed by atoms with Crippen LogP contribution in [-0.2, 0) is 6.54 Å². The molecule has 2 heterocycles. The average Bonchev–Trinajstić information content (AvgIpc) is 3.09. The number of fused-ring (bicyclic) bond motifs is 1. The molecule has 3 nitrogen and oxygen atoms in total. The molecule has 1 N–H and O–H groups in total. The lowest BCUT2D eigenvalue weighted by Gasteiger charge is -2.38. The van der Waals surface area contributed by atoms with Crippen LogP contribution in [-0.4, -0.2) is 37.1 Å². The van der Waals surface area contributed by atoms with E-state index in [-0.39, 0.29) is 0 Å². The maximum absolute atomic E-state index is 3.76. The number of nitrogens with one attached hydrogen (secondary N) is 1. The Hall–Kier alpha value is -2.00. The van der Waals surface area contributed by atoms with Crippen molar-refractivity contribution in [1.29, 1.82) is 0 Å². The Labute approximate surface area is 138 Å². The smallest absolute Gasteiger partial charge is 0.0605 e. The van der Waals surface area contributed by atoms with E-state index in [0.29, 0.717) is 6.04 Å². The molecule has 1 saturated heterocycles. The van der Waals surface area contributed by atoms with Gasteiger partial charge in [-0.3, -0.25) is 0 Å². The maximum atomic E-state index is 3.76. The average molecular weight is 307 g/mol. The largest absolute Gasteiger partial charge is 0.378 e. The third-order valence-corrected chi connectivity index (χ3v) is 4.94. The number of hydrogen-bond acceptors (Lipinski definition) is 3. The summed E-state index contributed by atoms with van der Waals surface area (Å²) in [7, 11) is 0. The summed E-state index contributed by atoms with van der Waals surface area (Å²) in [6, 6.07) is 20.0. The van der Waals surface area contributed by atoms with Crippen molar-refractivity contribution in [3.8, 4) is 0 Å². The van der Waals surface area contributed by atoms with Crippen molar-refractivity contribution in [2.24, 2.45) is 0 Å². The second-order valence-corrected chi connectivity index (χ2v) is 6.73. The highest BCUT2D eigenvalue weighted by molar-refractivity contribution is 5.72. The number of rotatable bonds is 4. The first kappa shape index (κ1) is 14.6. The minimum absolute atomic E-state index is 0.506. The zero-order valence-corrected chi connectivity index (χ0v) is 13.6. The van der Waals surface area contributed by atoms with E-state index >= 15 is 0 Å². The fourth-order valence-corrected chi connectivity index (χ4v) is 3.84. The first-order valence-electron chi connectivity index (χ1n) is 8.75. The molecule has 0 aromatic heterocycles. The van der Waals surface area contributed by atoms with Crippen LogP contribution in [0.3, 0.4) is 0 Å². The van der Waals surface area contributed by atoms with Crippen LogP contribution in [0.5, 0.6) is 0 Å². The Kier molecular flexibility index (Phi) is 4.20. The minimum Gasteiger partial charge on any atom is -0.378 e. The van der Waals surface area contributed by atoms with Gasteiger partial charge in [0.25, 0.3) is 0 Å². The van der Waals surface area contributed by atoms with Crippen molar-refractivity contribution in [3.63, 3.8) is 0 Å². The van der Waals surface area contributed by atoms with Gasteiger partial charge in [-0.15, -0.1) is 0 Å². The molecule has 0 bridgehead atoms. The van der Waals surface area contributed by atoms with Gasteiger partial charge in [0.2, 0.25) is 0 Å². The van der Waals surface area contributed by atoms with E-state index in [9.17, 15) is 0 Å². The van der Waals surface area contributed by atoms with Gasteiger partial charge >= 0.3 is 0 Å². The van der Waals surface area contributed by atoms with E-state index in [4.69, 9.17) is 0 Å². The molecule has 0 aliphatic carbocycles. The number of hydrogen-bond donors (Lipinski definition) is 1. The van der Waals surface area contributed by atoms with Crippen LogP contribution >= 0.6 is 0 Å². The van der Waals surface area contributed by atoms with Crippen LogP contribution in [0.4, 0.5) is 11.4 Å². The van der Waals surface area contributed by atoms with Gasteiger partial charge in [0.15, 0.2) is 0 Å². The molecule has 1 atom stereocenters. The summed E-state index contributed by atoms with van der Waals surface area (Å²) in [5.74, 6) is 0. The lowest BCUT2D eigenvalue weighted by atomic mass is 10.1. The molecule has 0 amide bonds. The summed E-state index contributed by atoms with van der Waals surface area (Å²) in [4.78, 5) is 5.13. The van der Waals surface area contributed by atoms with Crippen LogP contribution in [0.2, 0.25) is 0 Å². The van der Waals surface area contributed by atoms with Crippen molar-refractivity contribution in [2.75, 3.05) is 36.4 Å². The highest BCUT2D eigenvalue weighted by atomic mass is 15.2. The summed E-state index contributed by atoms with van der Waals surface area (Å²) in [5, 5.41) is 3.76. The van der Waals surface area contributed by atoms with Gasteiger partial charge in [0, 0.05) is 19.6 Å². The Bertz CT molecular complexity index is 634. The molecule has 2 aromatic rings. The van der Waals surface area contributed by atoms with E-state index in [1.807, 2.05) is 0 Å². The lowest BCUT2D eigenvalue weighted by molar-refractivity contribution is 0.320. The SMILES string of the molecule is c1ccc(CN2CC(CN3CCCC3)Nc3ccccc32)cc1. The van der Waals surface area contributed by atoms with E-state index < -0.39 is 0 Å². The number of para-hydroxylation sites is 2. The number of likely N-dealkylation sites (tertiary alicyclic amines) is 1. The van der Waals surface area contributed by atoms with Crippen LogP contribution in [0, 0.1) is 0 Å². The van der Waals surface area contributed by atoms with Crippen LogP contribution in [0.15, 0.2) is 54.6 Å². The molecule has 2 aromatic carbocycles. The molecule has 3 heteroatoms. The molecule has 0 spiro atoms. The lowest BCUT2D eigenvalue weighted by Crippen LogP contribution is -2.47. The molecule has 1 unspecified atom stereocenters. The number of nitrogens with zero attached hydrogens (tertiary/aromatic N) is 2. The van der Waals surface area contributed by atoms with E-state index in [0.717, 1.165) is 19.6 Å². The molecule has 1 fully saturated rings. The first-order valence-corrected chi connectivity index (χ1v) is 8.75. The zero-order valence-electron chi connectivity index (χ0n) is 13.6. The Morgan fingerprint density at radius 1 is 0.913 bits per heavy atom. The van der Waals surface area contributed by atoms with Crippen LogP contribution < -0.4 is 10.2 Å². The van der Waals surface area contributed by atoms with Crippen molar-refractivity contribution >= 4 is 11.4 Å². The number of anilines is 2. The minimum atomic E-state index is 0.506. The van der Waals surface area contributed by atoms with Gasteiger partial charge in [-0.1, -0.05) is 42.5 Å². The highest BCUT2D eigenvalue weighted by Crippen LogP contribution is 2.32. The first-order chi connectivity index (χ1) is 11.4. The summed E-state index contributed by atoms with van der Waals surface area (Å²) in [6.45, 7) is 5.73. The molecule has 23 heavy (non-hydrogen) atoms. The van der Waals surface area contributed by atoms with Crippen molar-refractivity contribution in [2.45, 2.75) is 25.4 Å². The summed E-state index contributed by atoms with van der Waals surface area (Å²) < 4.78 is 0. The quantitative estimate of drug-likeness (QED) is 0.931. The molecule has 4 rings (SSSR count). The van der Waals surface area contributed by atoms with Gasteiger partial charge in [-0.2, -0.15) is 0 Å². The van der Waals surface area contributed by atoms with Gasteiger partial charge in [-0.25, -0.2) is 0 Å². The third-order valence-electron chi connectivity index (χ3n) is 4.94. The van der Waals surface area contributed by atoms with Crippen LogP contribution in [0.25, 0.3) is 0 Å². The fourth-order valence-electron chi connectivity index (χ4n) is 3.84. The molecular formula is C20H25N3. The van der Waals surface area contributed by atoms with Crippen molar-refractivity contribution in [1.82, 2.24) is 4.90 Å². The predicted molar refractivity (Wildman–Crippen MR) is 97.0 cm³/mol. The van der Waals surface area contributed by atoms with Crippen LogP contribution in [0.1, 0.15) is 18.4 Å². The van der Waals surface area contributed by atoms with Gasteiger partial charge in [-0.05, 0) is 43.6 Å². The van der Waals surface area contributed by atoms with Gasteiger partial charge in [0.1, 0.15) is 0 Å². The molecule has 2 aliphatic rings. The van der Waals surface area contributed by atoms with Gasteiger partial charge < -0.3 is 15.1 Å². The van der Waals surface area contributed by atoms with E-state index in [2.05, 4.69) is 69.7 Å². The maximum Gasteiger partial charge on any atom is 0.0605 e. The van der Waals surface area contributed by atoms with Crippen molar-refractivity contribution in [3.05, 3.63) is 60.2 Å². The van der Waals surface area contributed by atoms with E-state index in [1.165, 1.54) is 42.9 Å². The highest BCUT2D eigenvalue weighted by Gasteiger charge is 2.26. The Morgan fingerprint density at radius 3 is 2.48 bits per heavy atom. The molecule has 2 aliphatic heterocycles. The zero-order chi connectivity index (χ0) is 15.5. The van der Waals surface area contributed by atoms with Gasteiger partial charge in [0.05, 0.1) is 17.4 Å². The van der Waals surface area contributed by atoms with Crippen molar-refractivity contribution < 1.29 is 0 Å². The molecule has 120 valence electrons. The molecule has 0 radical (unpaired) electrons. The Balaban J connectivity index is 1.53. The fraction of sp³-hybridized carbons (Fsp3) is 0.400. The Morgan fingerprint density at radius 2 is 1.65 bits per heavy atom. The molecule has 0 saturated carbocycles. The number of benzene rings is 2. The second-order valence-electron chi connectivity index (χ2n) is 6.73. The third kappa shape index (κ3) is 3.35. The standard InChI is InChI=1S/C20H25N3/c1-2-8-17(9-3-1)14-23-16-18(15-22-12-6-7-13-22)21-19-10-4-5-11-20(19)23/h1-5,8-11,18,21H,6-7,12-16H2. The summed E-state index contributed by atoms with van der Waals surface area (Å²) in [6.07, 6.45) is 2.72. The predicted octanol–water partition coefficient (Wildman–Crippen LogP) is 3.58. The molecular weight excluding hydrogens is 282 g/mol. The topological polar surface area (TPSA) is 18.5 Å². The monoisotopic (exact) mass is 307 g/mol. The normalized spacial score (nSPS) is 21.0. The summed E-state index contributed by atoms with van der Waals surface area (Å²) >= 11 is 0. The summed E-state index contributed by atoms with van der Waals surface area (Å²) in [5.41, 5.74) is 3.98.